The Morgan fingerprint density at radius 3 is 2.50 bits per heavy atom. The minimum atomic E-state index is -0.734. The number of benzene rings is 3. The van der Waals surface area contributed by atoms with E-state index in [0.717, 1.165) is 16.5 Å². The highest BCUT2D eigenvalue weighted by atomic mass is 16.8. The van der Waals surface area contributed by atoms with Gasteiger partial charge in [-0.1, -0.05) is 48.5 Å². The molecule has 4 rings (SSSR count). The third-order valence-corrected chi connectivity index (χ3v) is 6.13. The molecule has 2 atom stereocenters. The van der Waals surface area contributed by atoms with Gasteiger partial charge in [0.1, 0.15) is 5.60 Å². The number of ether oxygens (including phenoxy) is 3. The maximum Gasteiger partial charge on any atom is 0.528 e. The Bertz CT molecular complexity index is 1220. The number of methoxy groups -OCH3 is 1. The fourth-order valence-electron chi connectivity index (χ4n) is 4.44. The molecule has 0 bridgehead atoms. The van der Waals surface area contributed by atoms with E-state index in [0.29, 0.717) is 31.7 Å². The molecule has 1 aliphatic rings. The SMILES string of the molecule is COC(=O)c1cccc(C2CCN(OC(=O)OC(C)(C)C)CC2OCc2ccc3ccccc3c2)c1. The lowest BCUT2D eigenvalue weighted by molar-refractivity contribution is -0.179. The van der Waals surface area contributed by atoms with E-state index < -0.39 is 11.8 Å². The predicted octanol–water partition coefficient (Wildman–Crippen LogP) is 5.87. The number of hydroxylamine groups is 2. The monoisotopic (exact) mass is 491 g/mol. The molecule has 0 radical (unpaired) electrons. The van der Waals surface area contributed by atoms with E-state index in [9.17, 15) is 9.59 Å². The second-order valence-corrected chi connectivity index (χ2v) is 9.99. The van der Waals surface area contributed by atoms with Gasteiger partial charge in [0, 0.05) is 12.5 Å². The van der Waals surface area contributed by atoms with E-state index in [4.69, 9.17) is 19.0 Å². The number of carbonyl (C=O) groups is 2. The van der Waals surface area contributed by atoms with Gasteiger partial charge in [0.2, 0.25) is 0 Å². The first-order valence-electron chi connectivity index (χ1n) is 12.2. The van der Waals surface area contributed by atoms with Crippen molar-refractivity contribution in [2.24, 2.45) is 0 Å². The first-order chi connectivity index (χ1) is 17.2. The Morgan fingerprint density at radius 2 is 1.75 bits per heavy atom. The van der Waals surface area contributed by atoms with Crippen LogP contribution < -0.4 is 0 Å². The molecule has 2 unspecified atom stereocenters. The van der Waals surface area contributed by atoms with Crippen molar-refractivity contribution in [3.05, 3.63) is 83.4 Å². The van der Waals surface area contributed by atoms with E-state index >= 15 is 0 Å². The molecule has 0 amide bonds. The molecule has 1 aliphatic heterocycles. The number of hydrogen-bond acceptors (Lipinski definition) is 7. The van der Waals surface area contributed by atoms with Crippen LogP contribution in [0.2, 0.25) is 0 Å². The summed E-state index contributed by atoms with van der Waals surface area (Å²) in [5.74, 6) is -0.371. The minimum Gasteiger partial charge on any atom is -0.465 e. The van der Waals surface area contributed by atoms with Gasteiger partial charge in [-0.3, -0.25) is 0 Å². The Morgan fingerprint density at radius 1 is 0.972 bits per heavy atom. The van der Waals surface area contributed by atoms with Crippen LogP contribution in [0.15, 0.2) is 66.7 Å². The molecular weight excluding hydrogens is 458 g/mol. The smallest absolute Gasteiger partial charge is 0.465 e. The minimum absolute atomic E-state index is 0.00792. The lowest BCUT2D eigenvalue weighted by atomic mass is 9.86. The van der Waals surface area contributed by atoms with Crippen LogP contribution in [0.3, 0.4) is 0 Å². The maximum absolute atomic E-state index is 12.3. The molecule has 1 fully saturated rings. The molecule has 1 saturated heterocycles. The molecule has 3 aromatic carbocycles. The van der Waals surface area contributed by atoms with Crippen LogP contribution in [-0.2, 0) is 25.7 Å². The molecule has 0 spiro atoms. The average Bonchev–Trinajstić information content (AvgIpc) is 2.86. The van der Waals surface area contributed by atoms with Crippen molar-refractivity contribution < 1.29 is 28.6 Å². The van der Waals surface area contributed by atoms with Gasteiger partial charge < -0.3 is 19.0 Å². The maximum atomic E-state index is 12.3. The lowest BCUT2D eigenvalue weighted by Crippen LogP contribution is -2.45. The standard InChI is InChI=1S/C29H33NO6/c1-29(2,3)35-28(32)36-30-15-14-25(23-10-7-11-24(17-23)27(31)33-4)26(18-30)34-19-20-12-13-21-8-5-6-9-22(21)16-20/h5-13,16-17,25-26H,14-15,18-19H2,1-4H3. The van der Waals surface area contributed by atoms with Crippen LogP contribution in [0.4, 0.5) is 4.79 Å². The van der Waals surface area contributed by atoms with Gasteiger partial charge in [-0.15, -0.1) is 5.06 Å². The number of esters is 1. The van der Waals surface area contributed by atoms with E-state index in [1.165, 1.54) is 12.5 Å². The fraction of sp³-hybridized carbons (Fsp3) is 0.379. The Hall–Kier alpha value is -3.42. The van der Waals surface area contributed by atoms with Crippen molar-refractivity contribution in [2.45, 2.75) is 51.4 Å². The number of carbonyl (C=O) groups excluding carboxylic acids is 2. The fourth-order valence-corrected chi connectivity index (χ4v) is 4.44. The van der Waals surface area contributed by atoms with Crippen molar-refractivity contribution in [1.29, 1.82) is 0 Å². The zero-order chi connectivity index (χ0) is 25.7. The molecule has 7 nitrogen and oxygen atoms in total. The summed E-state index contributed by atoms with van der Waals surface area (Å²) in [6.45, 7) is 6.68. The van der Waals surface area contributed by atoms with Crippen LogP contribution >= 0.6 is 0 Å². The number of rotatable bonds is 6. The van der Waals surface area contributed by atoms with E-state index in [1.807, 2.05) is 30.3 Å². The van der Waals surface area contributed by atoms with Crippen molar-refractivity contribution in [1.82, 2.24) is 5.06 Å². The first-order valence-corrected chi connectivity index (χ1v) is 12.2. The predicted molar refractivity (Wildman–Crippen MR) is 137 cm³/mol. The number of hydrogen-bond donors (Lipinski definition) is 0. The van der Waals surface area contributed by atoms with Crippen LogP contribution in [0, 0.1) is 0 Å². The van der Waals surface area contributed by atoms with Crippen LogP contribution in [0.1, 0.15) is 54.6 Å². The Kier molecular flexibility index (Phi) is 7.91. The second-order valence-electron chi connectivity index (χ2n) is 9.99. The molecule has 36 heavy (non-hydrogen) atoms. The van der Waals surface area contributed by atoms with Gasteiger partial charge in [0.05, 0.1) is 31.9 Å². The summed E-state index contributed by atoms with van der Waals surface area (Å²) in [4.78, 5) is 29.9. The lowest BCUT2D eigenvalue weighted by Gasteiger charge is -2.37. The van der Waals surface area contributed by atoms with Gasteiger partial charge in [0.15, 0.2) is 0 Å². The highest BCUT2D eigenvalue weighted by Crippen LogP contribution is 2.32. The van der Waals surface area contributed by atoms with E-state index in [-0.39, 0.29) is 18.0 Å². The summed E-state index contributed by atoms with van der Waals surface area (Å²) in [6.07, 6.45) is -0.335. The summed E-state index contributed by atoms with van der Waals surface area (Å²) in [6, 6.07) is 21.9. The number of fused-ring (bicyclic) bond motifs is 1. The number of nitrogens with zero attached hydrogens (tertiary/aromatic N) is 1. The highest BCUT2D eigenvalue weighted by molar-refractivity contribution is 5.89. The normalized spacial score (nSPS) is 18.6. The first kappa shape index (κ1) is 25.7. The van der Waals surface area contributed by atoms with Crippen LogP contribution in [-0.4, -0.2) is 49.1 Å². The van der Waals surface area contributed by atoms with Crippen LogP contribution in [0.5, 0.6) is 0 Å². The van der Waals surface area contributed by atoms with Gasteiger partial charge in [-0.05, 0) is 67.3 Å². The van der Waals surface area contributed by atoms with Gasteiger partial charge in [-0.25, -0.2) is 9.59 Å². The Labute approximate surface area is 211 Å². The number of piperidine rings is 1. The van der Waals surface area contributed by atoms with E-state index in [1.54, 1.807) is 31.9 Å². The topological polar surface area (TPSA) is 74.3 Å². The molecule has 190 valence electrons. The molecule has 0 N–H and O–H groups in total. The summed E-state index contributed by atoms with van der Waals surface area (Å²) < 4.78 is 16.6. The summed E-state index contributed by atoms with van der Waals surface area (Å²) in [5.41, 5.74) is 1.89. The zero-order valence-corrected chi connectivity index (χ0v) is 21.2. The third-order valence-electron chi connectivity index (χ3n) is 6.13. The molecule has 0 saturated carbocycles. The second kappa shape index (κ2) is 11.1. The molecule has 7 heteroatoms. The van der Waals surface area contributed by atoms with Crippen molar-refractivity contribution in [2.75, 3.05) is 20.2 Å². The molecule has 1 heterocycles. The molecule has 0 aliphatic carbocycles. The van der Waals surface area contributed by atoms with Crippen molar-refractivity contribution >= 4 is 22.9 Å². The Balaban J connectivity index is 1.52. The largest absolute Gasteiger partial charge is 0.528 e. The summed E-state index contributed by atoms with van der Waals surface area (Å²) in [5, 5.41) is 3.92. The van der Waals surface area contributed by atoms with Gasteiger partial charge in [-0.2, -0.15) is 0 Å². The van der Waals surface area contributed by atoms with E-state index in [2.05, 4.69) is 30.3 Å². The quantitative estimate of drug-likeness (QED) is 0.399. The highest BCUT2D eigenvalue weighted by Gasteiger charge is 2.34. The van der Waals surface area contributed by atoms with Crippen LogP contribution in [0.25, 0.3) is 10.8 Å². The summed E-state index contributed by atoms with van der Waals surface area (Å²) >= 11 is 0. The van der Waals surface area contributed by atoms with Crippen molar-refractivity contribution in [3.8, 4) is 0 Å². The van der Waals surface area contributed by atoms with Crippen molar-refractivity contribution in [3.63, 3.8) is 0 Å². The summed E-state index contributed by atoms with van der Waals surface area (Å²) in [7, 11) is 1.37. The average molecular weight is 492 g/mol. The molecule has 3 aromatic rings. The third kappa shape index (κ3) is 6.62. The molecular formula is C29H33NO6. The van der Waals surface area contributed by atoms with Gasteiger partial charge in [0.25, 0.3) is 0 Å². The van der Waals surface area contributed by atoms with Gasteiger partial charge >= 0.3 is 12.1 Å². The zero-order valence-electron chi connectivity index (χ0n) is 21.2. The molecule has 0 aromatic heterocycles.